The maximum Gasteiger partial charge on any atom is 0.243 e. The van der Waals surface area contributed by atoms with E-state index in [-0.39, 0.29) is 24.1 Å². The van der Waals surface area contributed by atoms with Crippen LogP contribution in [0.1, 0.15) is 30.0 Å². The first-order chi connectivity index (χ1) is 17.9. The minimum Gasteiger partial charge on any atom is -0.497 e. The molecule has 0 aliphatic rings. The largest absolute Gasteiger partial charge is 0.497 e. The zero-order valence-corrected chi connectivity index (χ0v) is 23.4. The van der Waals surface area contributed by atoms with Crippen LogP contribution in [0.25, 0.3) is 0 Å². The van der Waals surface area contributed by atoms with E-state index in [1.807, 2.05) is 61.5 Å². The highest BCUT2D eigenvalue weighted by Gasteiger charge is 2.30. The summed E-state index contributed by atoms with van der Waals surface area (Å²) in [6.07, 6.45) is 1.20. The molecule has 0 bridgehead atoms. The van der Waals surface area contributed by atoms with Crippen LogP contribution < -0.4 is 10.1 Å². The molecule has 3 aromatic rings. The van der Waals surface area contributed by atoms with Gasteiger partial charge < -0.3 is 15.0 Å². The lowest BCUT2D eigenvalue weighted by molar-refractivity contribution is -0.139. The third kappa shape index (κ3) is 8.99. The fourth-order valence-electron chi connectivity index (χ4n) is 3.81. The van der Waals surface area contributed by atoms with E-state index >= 15 is 0 Å². The molecule has 1 N–H and O–H groups in total. The number of amides is 2. The molecule has 3 aromatic carbocycles. The van der Waals surface area contributed by atoms with Crippen LogP contribution in [0.2, 0.25) is 10.0 Å². The van der Waals surface area contributed by atoms with Crippen molar-refractivity contribution in [2.45, 2.75) is 38.1 Å². The van der Waals surface area contributed by atoms with Crippen LogP contribution in [-0.4, -0.2) is 42.2 Å². The van der Waals surface area contributed by atoms with Gasteiger partial charge in [-0.15, -0.1) is 11.8 Å². The van der Waals surface area contributed by atoms with Gasteiger partial charge in [0.05, 0.1) is 12.9 Å². The van der Waals surface area contributed by atoms with Crippen LogP contribution in [-0.2, 0) is 28.3 Å². The van der Waals surface area contributed by atoms with E-state index in [1.54, 1.807) is 30.2 Å². The maximum absolute atomic E-state index is 13.7. The number of rotatable bonds is 13. The van der Waals surface area contributed by atoms with Gasteiger partial charge in [0.2, 0.25) is 11.8 Å². The molecule has 0 saturated carbocycles. The number of methoxy groups -OCH3 is 1. The molecule has 8 heteroatoms. The predicted octanol–water partition coefficient (Wildman–Crippen LogP) is 6.40. The number of hydrogen-bond acceptors (Lipinski definition) is 4. The Bertz CT molecular complexity index is 1160. The van der Waals surface area contributed by atoms with Gasteiger partial charge in [-0.05, 0) is 47.4 Å². The lowest BCUT2D eigenvalue weighted by Gasteiger charge is -2.32. The van der Waals surface area contributed by atoms with E-state index in [0.29, 0.717) is 28.8 Å². The molecule has 3 rings (SSSR count). The van der Waals surface area contributed by atoms with Crippen molar-refractivity contribution in [1.82, 2.24) is 10.2 Å². The van der Waals surface area contributed by atoms with Crippen molar-refractivity contribution < 1.29 is 14.3 Å². The van der Waals surface area contributed by atoms with Crippen LogP contribution in [0.4, 0.5) is 0 Å². The summed E-state index contributed by atoms with van der Waals surface area (Å²) in [4.78, 5) is 28.7. The van der Waals surface area contributed by atoms with E-state index in [9.17, 15) is 9.59 Å². The van der Waals surface area contributed by atoms with Crippen LogP contribution in [0.15, 0.2) is 72.8 Å². The molecular formula is C29H32Cl2N2O3S. The second-order valence-corrected chi connectivity index (χ2v) is 10.4. The first kappa shape index (κ1) is 28.9. The minimum atomic E-state index is -0.685. The normalized spacial score (nSPS) is 11.6. The number of nitrogens with one attached hydrogen (secondary N) is 1. The Morgan fingerprint density at radius 2 is 1.73 bits per heavy atom. The number of ether oxygens (including phenoxy) is 1. The zero-order valence-electron chi connectivity index (χ0n) is 21.1. The van der Waals surface area contributed by atoms with Gasteiger partial charge in [-0.3, -0.25) is 9.59 Å². The topological polar surface area (TPSA) is 58.6 Å². The number of carbonyl (C=O) groups excluding carboxylic acids is 2. The third-order valence-corrected chi connectivity index (χ3v) is 7.40. The zero-order chi connectivity index (χ0) is 26.6. The van der Waals surface area contributed by atoms with E-state index in [4.69, 9.17) is 27.9 Å². The molecule has 0 aliphatic heterocycles. The molecule has 0 aliphatic carbocycles. The predicted molar refractivity (Wildman–Crippen MR) is 153 cm³/mol. The number of halogens is 2. The van der Waals surface area contributed by atoms with Crippen LogP contribution in [0, 0.1) is 0 Å². The Morgan fingerprint density at radius 3 is 2.38 bits per heavy atom. The summed E-state index contributed by atoms with van der Waals surface area (Å²) in [7, 11) is 1.63. The Kier molecular flexibility index (Phi) is 11.6. The monoisotopic (exact) mass is 558 g/mol. The molecule has 196 valence electrons. The summed E-state index contributed by atoms with van der Waals surface area (Å²) in [5.74, 6) is 1.37. The molecule has 5 nitrogen and oxygen atoms in total. The molecule has 0 heterocycles. The molecule has 0 radical (unpaired) electrons. The standard InChI is InChI=1S/C29H32Cl2N2O3S/c1-3-15-32-29(35)27(16-21-7-5-4-6-8-21)33(18-23-11-12-24(30)17-26(23)31)28(34)20-37-19-22-9-13-25(36-2)14-10-22/h4-14,17,27H,3,15-16,18-20H2,1-2H3,(H,32,35). The van der Waals surface area contributed by atoms with Crippen LogP contribution in [0.3, 0.4) is 0 Å². The Hall–Kier alpha value is -2.67. The lowest BCUT2D eigenvalue weighted by atomic mass is 10.0. The smallest absolute Gasteiger partial charge is 0.243 e. The van der Waals surface area contributed by atoms with E-state index in [2.05, 4.69) is 5.32 Å². The van der Waals surface area contributed by atoms with Crippen molar-refractivity contribution in [2.75, 3.05) is 19.4 Å². The first-order valence-electron chi connectivity index (χ1n) is 12.2. The SMILES string of the molecule is CCCNC(=O)C(Cc1ccccc1)N(Cc1ccc(Cl)cc1Cl)C(=O)CSCc1ccc(OC)cc1. The minimum absolute atomic E-state index is 0.128. The Labute approximate surface area is 233 Å². The average Bonchev–Trinajstić information content (AvgIpc) is 2.91. The summed E-state index contributed by atoms with van der Waals surface area (Å²) in [5.41, 5.74) is 2.80. The summed E-state index contributed by atoms with van der Waals surface area (Å²) in [5, 5.41) is 3.96. The first-order valence-corrected chi connectivity index (χ1v) is 14.1. The fraction of sp³-hybridized carbons (Fsp3) is 0.310. The lowest BCUT2D eigenvalue weighted by Crippen LogP contribution is -2.51. The van der Waals surface area contributed by atoms with Crippen LogP contribution in [0.5, 0.6) is 5.75 Å². The van der Waals surface area contributed by atoms with E-state index in [0.717, 1.165) is 28.9 Å². The van der Waals surface area contributed by atoms with Gasteiger partial charge in [0, 0.05) is 35.3 Å². The summed E-state index contributed by atoms with van der Waals surface area (Å²) in [6.45, 7) is 2.74. The third-order valence-electron chi connectivity index (χ3n) is 5.83. The van der Waals surface area contributed by atoms with Crippen LogP contribution >= 0.6 is 35.0 Å². The number of nitrogens with zero attached hydrogens (tertiary/aromatic N) is 1. The molecule has 1 unspecified atom stereocenters. The van der Waals surface area contributed by atoms with Gasteiger partial charge in [0.15, 0.2) is 0 Å². The highest BCUT2D eigenvalue weighted by atomic mass is 35.5. The van der Waals surface area contributed by atoms with E-state index < -0.39 is 6.04 Å². The van der Waals surface area contributed by atoms with Gasteiger partial charge in [0.25, 0.3) is 0 Å². The van der Waals surface area contributed by atoms with Crippen molar-refractivity contribution in [2.24, 2.45) is 0 Å². The highest BCUT2D eigenvalue weighted by molar-refractivity contribution is 7.99. The molecule has 0 fully saturated rings. The van der Waals surface area contributed by atoms with Crippen molar-refractivity contribution in [3.05, 3.63) is 99.5 Å². The molecular weight excluding hydrogens is 527 g/mol. The van der Waals surface area contributed by atoms with Crippen molar-refractivity contribution in [1.29, 1.82) is 0 Å². The van der Waals surface area contributed by atoms with Gasteiger partial charge >= 0.3 is 0 Å². The molecule has 2 amide bonds. The Morgan fingerprint density at radius 1 is 1.00 bits per heavy atom. The molecule has 1 atom stereocenters. The number of thioether (sulfide) groups is 1. The molecule has 0 aromatic heterocycles. The highest BCUT2D eigenvalue weighted by Crippen LogP contribution is 2.25. The maximum atomic E-state index is 13.7. The molecule has 37 heavy (non-hydrogen) atoms. The van der Waals surface area contributed by atoms with Crippen molar-refractivity contribution in [3.8, 4) is 5.75 Å². The number of carbonyl (C=O) groups is 2. The van der Waals surface area contributed by atoms with E-state index in [1.165, 1.54) is 11.8 Å². The summed E-state index contributed by atoms with van der Waals surface area (Å²) in [6, 6.07) is 22.0. The van der Waals surface area contributed by atoms with Crippen molar-refractivity contribution >= 4 is 46.8 Å². The van der Waals surface area contributed by atoms with Crippen molar-refractivity contribution in [3.63, 3.8) is 0 Å². The second-order valence-electron chi connectivity index (χ2n) is 8.59. The average molecular weight is 560 g/mol. The fourth-order valence-corrected chi connectivity index (χ4v) is 5.15. The summed E-state index contributed by atoms with van der Waals surface area (Å²) >= 11 is 14.1. The second kappa shape index (κ2) is 14.9. The van der Waals surface area contributed by atoms with Gasteiger partial charge in [-0.1, -0.05) is 78.7 Å². The molecule has 0 saturated heterocycles. The number of hydrogen-bond donors (Lipinski definition) is 1. The van der Waals surface area contributed by atoms with Gasteiger partial charge in [0.1, 0.15) is 11.8 Å². The quantitative estimate of drug-likeness (QED) is 0.263. The number of benzene rings is 3. The summed E-state index contributed by atoms with van der Waals surface area (Å²) < 4.78 is 5.22. The molecule has 0 spiro atoms. The van der Waals surface area contributed by atoms with Gasteiger partial charge in [-0.25, -0.2) is 0 Å². The Balaban J connectivity index is 1.84. The van der Waals surface area contributed by atoms with Gasteiger partial charge in [-0.2, -0.15) is 0 Å².